The minimum atomic E-state index is -0.444. The smallest absolute Gasteiger partial charge is 0.230 e. The molecule has 0 aromatic heterocycles. The fraction of sp³-hybridized carbons (Fsp3) is 0.462. The summed E-state index contributed by atoms with van der Waals surface area (Å²) in [5.41, 5.74) is 1.03. The Hall–Kier alpha value is -1.42. The lowest BCUT2D eigenvalue weighted by Gasteiger charge is -2.17. The minimum Gasteiger partial charge on any atom is -0.396 e. The number of aliphatic hydroxyl groups excluding tert-OH is 1. The van der Waals surface area contributed by atoms with Crippen molar-refractivity contribution in [2.24, 2.45) is 11.8 Å². The summed E-state index contributed by atoms with van der Waals surface area (Å²) in [5, 5.41) is 11.8. The molecule has 0 fully saturated rings. The first-order chi connectivity index (χ1) is 7.95. The van der Waals surface area contributed by atoms with Gasteiger partial charge in [0.25, 0.3) is 0 Å². The molecule has 0 aliphatic carbocycles. The molecule has 0 heterocycles. The highest BCUT2D eigenvalue weighted by Crippen LogP contribution is 2.17. The monoisotopic (exact) mass is 239 g/mol. The number of carbonyl (C=O) groups is 1. The molecule has 94 valence electrons. The predicted molar refractivity (Wildman–Crippen MR) is 65.2 cm³/mol. The number of carbonyl (C=O) groups excluding carboxylic acids is 1. The Morgan fingerprint density at radius 3 is 2.59 bits per heavy atom. The number of amides is 1. The summed E-state index contributed by atoms with van der Waals surface area (Å²) < 4.78 is 13.0. The summed E-state index contributed by atoms with van der Waals surface area (Å²) >= 11 is 0. The van der Waals surface area contributed by atoms with Gasteiger partial charge < -0.3 is 10.4 Å². The van der Waals surface area contributed by atoms with E-state index >= 15 is 0 Å². The highest BCUT2D eigenvalue weighted by molar-refractivity contribution is 5.92. The Morgan fingerprint density at radius 1 is 1.47 bits per heavy atom. The van der Waals surface area contributed by atoms with E-state index < -0.39 is 5.92 Å². The summed E-state index contributed by atoms with van der Waals surface area (Å²) in [6.45, 7) is 5.19. The summed E-state index contributed by atoms with van der Waals surface area (Å²) in [4.78, 5) is 11.8. The van der Waals surface area contributed by atoms with Crippen molar-refractivity contribution in [2.45, 2.75) is 20.8 Å². The Labute approximate surface area is 101 Å². The van der Waals surface area contributed by atoms with Gasteiger partial charge in [-0.15, -0.1) is 0 Å². The van der Waals surface area contributed by atoms with Gasteiger partial charge in [0.15, 0.2) is 0 Å². The summed E-state index contributed by atoms with van der Waals surface area (Å²) in [6.07, 6.45) is 0. The summed E-state index contributed by atoms with van der Waals surface area (Å²) in [7, 11) is 0. The summed E-state index contributed by atoms with van der Waals surface area (Å²) in [6, 6.07) is 4.39. The average Bonchev–Trinajstić information content (AvgIpc) is 2.24. The Bertz CT molecular complexity index is 404. The molecule has 1 amide bonds. The van der Waals surface area contributed by atoms with Crippen molar-refractivity contribution in [3.05, 3.63) is 29.6 Å². The van der Waals surface area contributed by atoms with Crippen LogP contribution in [0.25, 0.3) is 0 Å². The molecule has 0 spiro atoms. The Balaban J connectivity index is 2.77. The normalized spacial score (nSPS) is 12.6. The minimum absolute atomic E-state index is 0.0570. The highest BCUT2D eigenvalue weighted by Gasteiger charge is 2.21. The molecule has 0 bridgehead atoms. The zero-order chi connectivity index (χ0) is 13.0. The van der Waals surface area contributed by atoms with Crippen molar-refractivity contribution in [3.8, 4) is 0 Å². The van der Waals surface area contributed by atoms with Gasteiger partial charge in [0.1, 0.15) is 5.82 Å². The third kappa shape index (κ3) is 3.53. The first kappa shape index (κ1) is 13.6. The molecule has 0 saturated heterocycles. The van der Waals surface area contributed by atoms with Gasteiger partial charge in [-0.3, -0.25) is 4.79 Å². The first-order valence-electron chi connectivity index (χ1n) is 5.63. The number of nitrogens with one attached hydrogen (secondary N) is 1. The number of hydrogen-bond donors (Lipinski definition) is 2. The molecule has 0 radical (unpaired) electrons. The predicted octanol–water partition coefficient (Wildman–Crippen LogP) is 2.34. The number of rotatable bonds is 4. The number of anilines is 1. The van der Waals surface area contributed by atoms with Crippen molar-refractivity contribution in [1.82, 2.24) is 0 Å². The lowest BCUT2D eigenvalue weighted by atomic mass is 9.96. The standard InChI is InChI=1S/C13H18FNO2/c1-8(2)11(7-16)13(17)15-10-4-5-12(14)9(3)6-10/h4-6,8,11,16H,7H2,1-3H3,(H,15,17). The fourth-order valence-corrected chi connectivity index (χ4v) is 1.55. The van der Waals surface area contributed by atoms with E-state index in [4.69, 9.17) is 5.11 Å². The second kappa shape index (κ2) is 5.77. The molecule has 1 atom stereocenters. The van der Waals surface area contributed by atoms with Crippen LogP contribution < -0.4 is 5.32 Å². The quantitative estimate of drug-likeness (QED) is 0.847. The third-order valence-electron chi connectivity index (χ3n) is 2.76. The van der Waals surface area contributed by atoms with Crippen LogP contribution in [0.3, 0.4) is 0 Å². The van der Waals surface area contributed by atoms with Gasteiger partial charge in [0, 0.05) is 5.69 Å². The number of hydrogen-bond acceptors (Lipinski definition) is 2. The molecule has 1 aromatic rings. The summed E-state index contributed by atoms with van der Waals surface area (Å²) in [5.74, 6) is -0.930. The van der Waals surface area contributed by atoms with Crippen LogP contribution in [0.15, 0.2) is 18.2 Å². The zero-order valence-electron chi connectivity index (χ0n) is 10.3. The first-order valence-corrected chi connectivity index (χ1v) is 5.63. The molecule has 17 heavy (non-hydrogen) atoms. The molecule has 3 nitrogen and oxygen atoms in total. The van der Waals surface area contributed by atoms with Crippen LogP contribution >= 0.6 is 0 Å². The maximum absolute atomic E-state index is 13.0. The van der Waals surface area contributed by atoms with Gasteiger partial charge in [-0.2, -0.15) is 0 Å². The van der Waals surface area contributed by atoms with Crippen LogP contribution in [0.1, 0.15) is 19.4 Å². The molecule has 1 rings (SSSR count). The van der Waals surface area contributed by atoms with Crippen LogP contribution in [0, 0.1) is 24.6 Å². The Kier molecular flexibility index (Phi) is 4.63. The topological polar surface area (TPSA) is 49.3 Å². The third-order valence-corrected chi connectivity index (χ3v) is 2.76. The highest BCUT2D eigenvalue weighted by atomic mass is 19.1. The Morgan fingerprint density at radius 2 is 2.12 bits per heavy atom. The van der Waals surface area contributed by atoms with Gasteiger partial charge in [-0.1, -0.05) is 13.8 Å². The van der Waals surface area contributed by atoms with Crippen molar-refractivity contribution >= 4 is 11.6 Å². The second-order valence-electron chi connectivity index (χ2n) is 4.49. The molecule has 0 aliphatic rings. The van der Waals surface area contributed by atoms with E-state index in [-0.39, 0.29) is 24.2 Å². The van der Waals surface area contributed by atoms with E-state index in [9.17, 15) is 9.18 Å². The molecule has 4 heteroatoms. The van der Waals surface area contributed by atoms with Crippen molar-refractivity contribution in [1.29, 1.82) is 0 Å². The van der Waals surface area contributed by atoms with Crippen molar-refractivity contribution in [2.75, 3.05) is 11.9 Å². The fourth-order valence-electron chi connectivity index (χ4n) is 1.55. The van der Waals surface area contributed by atoms with Crippen LogP contribution in [0.2, 0.25) is 0 Å². The average molecular weight is 239 g/mol. The van der Waals surface area contributed by atoms with E-state index in [1.165, 1.54) is 12.1 Å². The van der Waals surface area contributed by atoms with Crippen LogP contribution in [0.4, 0.5) is 10.1 Å². The molecule has 1 unspecified atom stereocenters. The van der Waals surface area contributed by atoms with E-state index in [2.05, 4.69) is 5.32 Å². The van der Waals surface area contributed by atoms with Gasteiger partial charge in [-0.05, 0) is 36.6 Å². The molecule has 2 N–H and O–H groups in total. The van der Waals surface area contributed by atoms with Crippen LogP contribution in [0.5, 0.6) is 0 Å². The molecular formula is C13H18FNO2. The number of benzene rings is 1. The zero-order valence-corrected chi connectivity index (χ0v) is 10.3. The maximum atomic E-state index is 13.0. The van der Waals surface area contributed by atoms with Gasteiger partial charge in [0.05, 0.1) is 12.5 Å². The van der Waals surface area contributed by atoms with Crippen molar-refractivity contribution in [3.63, 3.8) is 0 Å². The van der Waals surface area contributed by atoms with E-state index in [1.54, 1.807) is 13.0 Å². The lowest BCUT2D eigenvalue weighted by molar-refractivity contribution is -0.122. The molecular weight excluding hydrogens is 221 g/mol. The molecule has 1 aromatic carbocycles. The molecule has 0 saturated carbocycles. The van der Waals surface area contributed by atoms with E-state index in [1.807, 2.05) is 13.8 Å². The number of halogens is 1. The maximum Gasteiger partial charge on any atom is 0.230 e. The second-order valence-corrected chi connectivity index (χ2v) is 4.49. The number of aryl methyl sites for hydroxylation is 1. The van der Waals surface area contributed by atoms with E-state index in [0.717, 1.165) is 0 Å². The van der Waals surface area contributed by atoms with E-state index in [0.29, 0.717) is 11.3 Å². The van der Waals surface area contributed by atoms with Crippen molar-refractivity contribution < 1.29 is 14.3 Å². The van der Waals surface area contributed by atoms with Gasteiger partial charge >= 0.3 is 0 Å². The largest absolute Gasteiger partial charge is 0.396 e. The van der Waals surface area contributed by atoms with Gasteiger partial charge in [0.2, 0.25) is 5.91 Å². The molecule has 0 aliphatic heterocycles. The van der Waals surface area contributed by atoms with Crippen LogP contribution in [-0.2, 0) is 4.79 Å². The lowest BCUT2D eigenvalue weighted by Crippen LogP contribution is -2.29. The van der Waals surface area contributed by atoms with Crippen LogP contribution in [-0.4, -0.2) is 17.6 Å². The number of aliphatic hydroxyl groups is 1. The van der Waals surface area contributed by atoms with Gasteiger partial charge in [-0.25, -0.2) is 4.39 Å². The SMILES string of the molecule is Cc1cc(NC(=O)C(CO)C(C)C)ccc1F.